The van der Waals surface area contributed by atoms with Crippen LogP contribution in [0, 0.1) is 29.6 Å². The zero-order valence-electron chi connectivity index (χ0n) is 17.1. The van der Waals surface area contributed by atoms with Crippen LogP contribution in [-0.4, -0.2) is 39.3 Å². The molecule has 3 unspecified atom stereocenters. The Morgan fingerprint density at radius 2 is 1.58 bits per heavy atom. The maximum Gasteiger partial charge on any atom is 0.185 e. The van der Waals surface area contributed by atoms with Gasteiger partial charge in [-0.15, -0.1) is 0 Å². The normalized spacial score (nSPS) is 28.8. The second kappa shape index (κ2) is 9.23. The first-order chi connectivity index (χ1) is 12.0. The number of ketones is 3. The first-order valence-electron chi connectivity index (χ1n) is 10.0. The Bertz CT molecular complexity index is 524. The summed E-state index contributed by atoms with van der Waals surface area (Å²) in [6, 6.07) is 0. The molecule has 0 aromatic carbocycles. The van der Waals surface area contributed by atoms with E-state index < -0.39 is 46.8 Å². The maximum absolute atomic E-state index is 13.0. The average Bonchev–Trinajstić information content (AvgIpc) is 2.76. The lowest BCUT2D eigenvalue weighted by molar-refractivity contribution is -0.158. The van der Waals surface area contributed by atoms with E-state index in [1.54, 1.807) is 6.92 Å². The van der Waals surface area contributed by atoms with Gasteiger partial charge in [0.15, 0.2) is 23.0 Å². The Hall–Kier alpha value is -1.07. The predicted molar refractivity (Wildman–Crippen MR) is 101 cm³/mol. The smallest absolute Gasteiger partial charge is 0.185 e. The number of carbonyl (C=O) groups is 3. The van der Waals surface area contributed by atoms with Crippen molar-refractivity contribution in [3.63, 3.8) is 0 Å². The molecule has 150 valence electrons. The van der Waals surface area contributed by atoms with Crippen molar-refractivity contribution in [2.75, 3.05) is 0 Å². The molecule has 0 amide bonds. The van der Waals surface area contributed by atoms with E-state index in [0.29, 0.717) is 37.5 Å². The molecule has 0 saturated heterocycles. The number of aliphatic hydroxyl groups excluding tert-OH is 1. The van der Waals surface area contributed by atoms with Crippen LogP contribution in [0.25, 0.3) is 0 Å². The monoisotopic (exact) mass is 368 g/mol. The van der Waals surface area contributed by atoms with E-state index in [2.05, 4.69) is 0 Å². The fraction of sp³-hybridized carbons (Fsp3) is 0.857. The Morgan fingerprint density at radius 1 is 1.04 bits per heavy atom. The molecule has 1 aliphatic rings. The van der Waals surface area contributed by atoms with Gasteiger partial charge in [0.05, 0.1) is 12.0 Å². The summed E-state index contributed by atoms with van der Waals surface area (Å²) in [5, 5.41) is 21.8. The SMILES string of the molecule is CCC(C)C(=O)C1C(=O)[C@H](CCC(C)C)[C@](O)(C(O)CCC(C)C)C1=O. The van der Waals surface area contributed by atoms with Gasteiger partial charge in [0, 0.05) is 5.92 Å². The molecule has 26 heavy (non-hydrogen) atoms. The molecule has 0 aromatic heterocycles. The second-order valence-electron chi connectivity index (χ2n) is 8.75. The van der Waals surface area contributed by atoms with Crippen LogP contribution in [0.4, 0.5) is 0 Å². The van der Waals surface area contributed by atoms with Gasteiger partial charge in [-0.3, -0.25) is 14.4 Å². The maximum atomic E-state index is 13.0. The molecule has 2 N–H and O–H groups in total. The molecule has 0 bridgehead atoms. The molecule has 5 nitrogen and oxygen atoms in total. The topological polar surface area (TPSA) is 91.7 Å². The second-order valence-corrected chi connectivity index (χ2v) is 8.75. The van der Waals surface area contributed by atoms with Crippen molar-refractivity contribution in [1.29, 1.82) is 0 Å². The molecule has 0 aliphatic heterocycles. The summed E-state index contributed by atoms with van der Waals surface area (Å²) >= 11 is 0. The Morgan fingerprint density at radius 3 is 2.04 bits per heavy atom. The molecule has 1 saturated carbocycles. The van der Waals surface area contributed by atoms with Crippen molar-refractivity contribution >= 4 is 17.3 Å². The number of Topliss-reactive ketones (excluding diaryl/α,β-unsaturated/α-hetero) is 3. The lowest BCUT2D eigenvalue weighted by Crippen LogP contribution is -2.53. The quantitative estimate of drug-likeness (QED) is 0.579. The van der Waals surface area contributed by atoms with Crippen LogP contribution < -0.4 is 0 Å². The van der Waals surface area contributed by atoms with Crippen molar-refractivity contribution in [3.8, 4) is 0 Å². The van der Waals surface area contributed by atoms with Gasteiger partial charge in [-0.2, -0.15) is 0 Å². The Labute approximate surface area is 157 Å². The fourth-order valence-electron chi connectivity index (χ4n) is 3.68. The molecule has 5 heteroatoms. The number of hydrogen-bond donors (Lipinski definition) is 2. The van der Waals surface area contributed by atoms with E-state index in [9.17, 15) is 24.6 Å². The molecule has 1 rings (SSSR count). The molecule has 0 radical (unpaired) electrons. The van der Waals surface area contributed by atoms with Gasteiger partial charge in [0.2, 0.25) is 0 Å². The Kier molecular flexibility index (Phi) is 8.15. The van der Waals surface area contributed by atoms with Crippen molar-refractivity contribution in [2.24, 2.45) is 29.6 Å². The summed E-state index contributed by atoms with van der Waals surface area (Å²) in [5.41, 5.74) is -2.14. The summed E-state index contributed by atoms with van der Waals surface area (Å²) in [6.07, 6.45) is 1.02. The summed E-state index contributed by atoms with van der Waals surface area (Å²) in [7, 11) is 0. The first kappa shape index (κ1) is 23.0. The van der Waals surface area contributed by atoms with Crippen LogP contribution in [0.2, 0.25) is 0 Å². The molecule has 5 atom stereocenters. The van der Waals surface area contributed by atoms with Gasteiger partial charge < -0.3 is 10.2 Å². The molecule has 0 aromatic rings. The highest BCUT2D eigenvalue weighted by molar-refractivity contribution is 6.27. The third-order valence-corrected chi connectivity index (χ3v) is 5.76. The van der Waals surface area contributed by atoms with Gasteiger partial charge >= 0.3 is 0 Å². The summed E-state index contributed by atoms with van der Waals surface area (Å²) in [4.78, 5) is 38.5. The Balaban J connectivity index is 3.21. The molecule has 0 heterocycles. The summed E-state index contributed by atoms with van der Waals surface area (Å²) in [5.74, 6) is -3.99. The molecular weight excluding hydrogens is 332 g/mol. The van der Waals surface area contributed by atoms with Crippen LogP contribution in [0.15, 0.2) is 0 Å². The van der Waals surface area contributed by atoms with Gasteiger partial charge in [0.25, 0.3) is 0 Å². The van der Waals surface area contributed by atoms with E-state index in [-0.39, 0.29) is 6.42 Å². The molecular formula is C21H36O5. The van der Waals surface area contributed by atoms with E-state index in [1.807, 2.05) is 34.6 Å². The van der Waals surface area contributed by atoms with Gasteiger partial charge in [-0.25, -0.2) is 0 Å². The minimum Gasteiger partial charge on any atom is -0.390 e. The highest BCUT2D eigenvalue weighted by atomic mass is 16.4. The van der Waals surface area contributed by atoms with Crippen LogP contribution in [-0.2, 0) is 14.4 Å². The van der Waals surface area contributed by atoms with Crippen molar-refractivity contribution in [1.82, 2.24) is 0 Å². The zero-order chi connectivity index (χ0) is 20.2. The summed E-state index contributed by atoms with van der Waals surface area (Å²) < 4.78 is 0. The number of rotatable bonds is 10. The third kappa shape index (κ3) is 4.61. The van der Waals surface area contributed by atoms with Crippen LogP contribution in [0.1, 0.15) is 73.6 Å². The lowest BCUT2D eigenvalue weighted by Gasteiger charge is -2.33. The fourth-order valence-corrected chi connectivity index (χ4v) is 3.68. The van der Waals surface area contributed by atoms with Crippen LogP contribution in [0.5, 0.6) is 0 Å². The highest BCUT2D eigenvalue weighted by Crippen LogP contribution is 2.42. The van der Waals surface area contributed by atoms with Crippen LogP contribution in [0.3, 0.4) is 0 Å². The van der Waals surface area contributed by atoms with Crippen molar-refractivity contribution < 1.29 is 24.6 Å². The van der Waals surface area contributed by atoms with E-state index in [1.165, 1.54) is 0 Å². The minimum atomic E-state index is -2.14. The minimum absolute atomic E-state index is 0.232. The van der Waals surface area contributed by atoms with Gasteiger partial charge in [-0.05, 0) is 37.5 Å². The van der Waals surface area contributed by atoms with Crippen molar-refractivity contribution in [2.45, 2.75) is 85.4 Å². The third-order valence-electron chi connectivity index (χ3n) is 5.76. The van der Waals surface area contributed by atoms with E-state index >= 15 is 0 Å². The van der Waals surface area contributed by atoms with Crippen molar-refractivity contribution in [3.05, 3.63) is 0 Å². The van der Waals surface area contributed by atoms with E-state index in [4.69, 9.17) is 0 Å². The van der Waals surface area contributed by atoms with Gasteiger partial charge in [-0.1, -0.05) is 48.0 Å². The van der Waals surface area contributed by atoms with E-state index in [0.717, 1.165) is 0 Å². The standard InChI is InChI=1S/C21H36O5/c1-7-14(6)18(23)17-19(24)15(10-8-12(2)3)21(26,20(17)25)16(22)11-9-13(4)5/h12-17,22,26H,7-11H2,1-6H3/t14?,15-,16?,17?,21-/m0/s1. The number of carbonyl (C=O) groups excluding carboxylic acids is 3. The lowest BCUT2D eigenvalue weighted by atomic mass is 9.78. The number of aliphatic hydroxyl groups is 2. The van der Waals surface area contributed by atoms with Gasteiger partial charge in [0.1, 0.15) is 5.92 Å². The highest BCUT2D eigenvalue weighted by Gasteiger charge is 2.64. The first-order valence-corrected chi connectivity index (χ1v) is 10.0. The number of hydrogen-bond acceptors (Lipinski definition) is 5. The average molecular weight is 369 g/mol. The molecule has 1 aliphatic carbocycles. The predicted octanol–water partition coefficient (Wildman–Crippen LogP) is 2.95. The van der Waals surface area contributed by atoms with Crippen LogP contribution >= 0.6 is 0 Å². The summed E-state index contributed by atoms with van der Waals surface area (Å²) in [6.45, 7) is 11.5. The molecule has 1 fully saturated rings. The zero-order valence-corrected chi connectivity index (χ0v) is 17.1. The largest absolute Gasteiger partial charge is 0.390 e. The molecule has 0 spiro atoms.